The van der Waals surface area contributed by atoms with E-state index in [-0.39, 0.29) is 23.4 Å². The summed E-state index contributed by atoms with van der Waals surface area (Å²) in [6, 6.07) is 2.65. The number of aromatic nitrogens is 2. The third kappa shape index (κ3) is 5.33. The number of thioether (sulfide) groups is 1. The highest BCUT2D eigenvalue weighted by Crippen LogP contribution is 2.29. The molecule has 0 atom stereocenters. The Morgan fingerprint density at radius 3 is 2.80 bits per heavy atom. The molecule has 2 aromatic heterocycles. The van der Waals surface area contributed by atoms with Gasteiger partial charge >= 0.3 is 5.97 Å². The molecule has 0 saturated carbocycles. The van der Waals surface area contributed by atoms with Gasteiger partial charge in [-0.05, 0) is 19.4 Å². The molecule has 2 heterocycles. The summed E-state index contributed by atoms with van der Waals surface area (Å²) >= 11 is 2.28. The number of aromatic amines is 1. The van der Waals surface area contributed by atoms with Crippen molar-refractivity contribution in [3.05, 3.63) is 32.9 Å². The molecule has 10 heteroatoms. The summed E-state index contributed by atoms with van der Waals surface area (Å²) in [5.41, 5.74) is -0.184. The second-order valence-corrected chi connectivity index (χ2v) is 6.88. The molecule has 0 saturated heterocycles. The third-order valence-electron chi connectivity index (χ3n) is 2.93. The van der Waals surface area contributed by atoms with Crippen molar-refractivity contribution in [1.82, 2.24) is 9.97 Å². The van der Waals surface area contributed by atoms with E-state index in [9.17, 15) is 19.5 Å². The number of ether oxygens (including phenoxy) is 1. The zero-order chi connectivity index (χ0) is 18.4. The Labute approximate surface area is 151 Å². The number of hydrogen-bond donors (Lipinski definition) is 3. The van der Waals surface area contributed by atoms with Crippen LogP contribution < -0.4 is 10.9 Å². The summed E-state index contributed by atoms with van der Waals surface area (Å²) in [6.45, 7) is 3.91. The lowest BCUT2D eigenvalue weighted by Gasteiger charge is -2.06. The summed E-state index contributed by atoms with van der Waals surface area (Å²) in [5, 5.41) is 12.5. The summed E-state index contributed by atoms with van der Waals surface area (Å²) in [6.07, 6.45) is 0.732. The van der Waals surface area contributed by atoms with E-state index < -0.39 is 17.4 Å². The highest BCUT2D eigenvalue weighted by molar-refractivity contribution is 7.99. The maximum atomic E-state index is 12.1. The van der Waals surface area contributed by atoms with Crippen molar-refractivity contribution in [2.45, 2.75) is 25.4 Å². The van der Waals surface area contributed by atoms with Crippen molar-refractivity contribution >= 4 is 40.0 Å². The Kier molecular flexibility index (Phi) is 6.59. The van der Waals surface area contributed by atoms with Crippen LogP contribution in [0.25, 0.3) is 0 Å². The fourth-order valence-electron chi connectivity index (χ4n) is 1.86. The first-order valence-electron chi connectivity index (χ1n) is 7.45. The number of amides is 1. The van der Waals surface area contributed by atoms with E-state index >= 15 is 0 Å². The van der Waals surface area contributed by atoms with Crippen LogP contribution in [0.15, 0.2) is 22.1 Å². The maximum absolute atomic E-state index is 12.1. The fraction of sp³-hybridized carbons (Fsp3) is 0.333. The average Bonchev–Trinajstić information content (AvgIpc) is 2.95. The van der Waals surface area contributed by atoms with Gasteiger partial charge in [0.1, 0.15) is 5.00 Å². The largest absolute Gasteiger partial charge is 0.493 e. The van der Waals surface area contributed by atoms with Gasteiger partial charge in [0.05, 0.1) is 24.0 Å². The van der Waals surface area contributed by atoms with Crippen molar-refractivity contribution in [3.63, 3.8) is 0 Å². The van der Waals surface area contributed by atoms with Gasteiger partial charge in [0.2, 0.25) is 11.8 Å². The van der Waals surface area contributed by atoms with E-state index in [0.29, 0.717) is 10.6 Å². The highest BCUT2D eigenvalue weighted by atomic mass is 32.2. The lowest BCUT2D eigenvalue weighted by atomic mass is 10.2. The fourth-order valence-corrected chi connectivity index (χ4v) is 3.53. The molecule has 0 spiro atoms. The molecule has 0 aliphatic rings. The molecular weight excluding hydrogens is 366 g/mol. The predicted molar refractivity (Wildman–Crippen MR) is 95.5 cm³/mol. The van der Waals surface area contributed by atoms with Gasteiger partial charge in [0.25, 0.3) is 5.56 Å². The molecule has 2 aromatic rings. The molecule has 2 rings (SSSR count). The number of thiophene rings is 1. The van der Waals surface area contributed by atoms with E-state index in [1.807, 2.05) is 6.92 Å². The van der Waals surface area contributed by atoms with Crippen LogP contribution in [0.1, 0.15) is 29.1 Å². The number of nitrogens with one attached hydrogen (secondary N) is 2. The number of aryl methyl sites for hydroxylation is 1. The minimum absolute atomic E-state index is 0.0476. The number of aromatic hydroxyl groups is 1. The Morgan fingerprint density at radius 2 is 2.16 bits per heavy atom. The summed E-state index contributed by atoms with van der Waals surface area (Å²) < 4.78 is 5.00. The van der Waals surface area contributed by atoms with E-state index in [0.717, 1.165) is 29.1 Å². The van der Waals surface area contributed by atoms with Crippen LogP contribution in [0.5, 0.6) is 5.88 Å². The van der Waals surface area contributed by atoms with E-state index in [2.05, 4.69) is 15.3 Å². The monoisotopic (exact) mass is 383 g/mol. The number of carbonyl (C=O) groups excluding carboxylic acids is 2. The van der Waals surface area contributed by atoms with Crippen molar-refractivity contribution < 1.29 is 19.4 Å². The molecule has 0 aromatic carbocycles. The number of anilines is 1. The standard InChI is InChI=1S/C15H17N3O5S2/c1-3-8-5-9(14(22)23-4-2)13(25-8)16-12(21)7-24-15-17-10(19)6-11(20)18-15/h5-6H,3-4,7H2,1-2H3,(H,16,21)(H2,17,18,19,20). The van der Waals surface area contributed by atoms with Gasteiger partial charge in [0, 0.05) is 4.88 Å². The molecule has 0 bridgehead atoms. The Bertz CT molecular complexity index is 831. The first-order valence-corrected chi connectivity index (χ1v) is 9.26. The molecule has 3 N–H and O–H groups in total. The zero-order valence-corrected chi connectivity index (χ0v) is 15.3. The maximum Gasteiger partial charge on any atom is 0.341 e. The predicted octanol–water partition coefficient (Wildman–Crippen LogP) is 2.01. The van der Waals surface area contributed by atoms with Crippen LogP contribution in [0.3, 0.4) is 0 Å². The topological polar surface area (TPSA) is 121 Å². The number of esters is 1. The van der Waals surface area contributed by atoms with Gasteiger partial charge in [-0.3, -0.25) is 9.59 Å². The first kappa shape index (κ1) is 19.0. The molecule has 1 amide bonds. The molecular formula is C15H17N3O5S2. The number of H-pyrrole nitrogens is 1. The molecule has 0 aliphatic carbocycles. The number of nitrogens with zero attached hydrogens (tertiary/aromatic N) is 1. The van der Waals surface area contributed by atoms with Crippen molar-refractivity contribution in [1.29, 1.82) is 0 Å². The Morgan fingerprint density at radius 1 is 1.40 bits per heavy atom. The quantitative estimate of drug-likeness (QED) is 0.380. The number of hydrogen-bond acceptors (Lipinski definition) is 8. The number of carbonyl (C=O) groups is 2. The lowest BCUT2D eigenvalue weighted by molar-refractivity contribution is -0.113. The average molecular weight is 383 g/mol. The van der Waals surface area contributed by atoms with Crippen LogP contribution in [0, 0.1) is 0 Å². The molecule has 0 radical (unpaired) electrons. The zero-order valence-electron chi connectivity index (χ0n) is 13.6. The lowest BCUT2D eigenvalue weighted by Crippen LogP contribution is -2.16. The first-order chi connectivity index (χ1) is 11.9. The van der Waals surface area contributed by atoms with Crippen molar-refractivity contribution in [2.75, 3.05) is 17.7 Å². The normalized spacial score (nSPS) is 10.5. The van der Waals surface area contributed by atoms with Crippen molar-refractivity contribution in [2.24, 2.45) is 0 Å². The highest BCUT2D eigenvalue weighted by Gasteiger charge is 2.18. The van der Waals surface area contributed by atoms with Crippen molar-refractivity contribution in [3.8, 4) is 5.88 Å². The molecule has 134 valence electrons. The molecule has 0 unspecified atom stereocenters. The van der Waals surface area contributed by atoms with E-state index in [1.165, 1.54) is 11.3 Å². The van der Waals surface area contributed by atoms with Crippen LogP contribution in [-0.2, 0) is 16.0 Å². The van der Waals surface area contributed by atoms with Gasteiger partial charge in [-0.15, -0.1) is 11.3 Å². The summed E-state index contributed by atoms with van der Waals surface area (Å²) in [4.78, 5) is 42.4. The molecule has 25 heavy (non-hydrogen) atoms. The number of rotatable bonds is 7. The molecule has 0 aliphatic heterocycles. The Balaban J connectivity index is 2.05. The van der Waals surface area contributed by atoms with Crippen LogP contribution in [0.2, 0.25) is 0 Å². The van der Waals surface area contributed by atoms with Crippen LogP contribution in [-0.4, -0.2) is 39.3 Å². The van der Waals surface area contributed by atoms with E-state index in [4.69, 9.17) is 4.74 Å². The van der Waals surface area contributed by atoms with Crippen LogP contribution >= 0.6 is 23.1 Å². The smallest absolute Gasteiger partial charge is 0.341 e. The van der Waals surface area contributed by atoms with E-state index in [1.54, 1.807) is 13.0 Å². The SMILES string of the molecule is CCOC(=O)c1cc(CC)sc1NC(=O)CSc1nc(O)cc(=O)[nH]1. The third-order valence-corrected chi connectivity index (χ3v) is 4.99. The molecule has 8 nitrogen and oxygen atoms in total. The van der Waals surface area contributed by atoms with Crippen LogP contribution in [0.4, 0.5) is 5.00 Å². The van der Waals surface area contributed by atoms with Gasteiger partial charge in [-0.25, -0.2) is 4.79 Å². The second kappa shape index (κ2) is 8.67. The minimum Gasteiger partial charge on any atom is -0.493 e. The van der Waals surface area contributed by atoms with Gasteiger partial charge in [-0.2, -0.15) is 4.98 Å². The minimum atomic E-state index is -0.508. The Hall–Kier alpha value is -2.33. The van der Waals surface area contributed by atoms with Gasteiger partial charge < -0.3 is 20.1 Å². The molecule has 0 fully saturated rings. The van der Waals surface area contributed by atoms with Gasteiger partial charge in [-0.1, -0.05) is 18.7 Å². The summed E-state index contributed by atoms with van der Waals surface area (Å²) in [7, 11) is 0. The van der Waals surface area contributed by atoms with Gasteiger partial charge in [0.15, 0.2) is 5.16 Å². The summed E-state index contributed by atoms with van der Waals surface area (Å²) in [5.74, 6) is -1.32. The second-order valence-electron chi connectivity index (χ2n) is 4.78.